The second-order valence-electron chi connectivity index (χ2n) is 10.5. The van der Waals surface area contributed by atoms with Crippen LogP contribution in [0, 0.1) is 5.82 Å². The van der Waals surface area contributed by atoms with Crippen LogP contribution in [0.15, 0.2) is 48.5 Å². The number of benzene rings is 3. The monoisotopic (exact) mass is 549 g/mol. The van der Waals surface area contributed by atoms with E-state index in [-0.39, 0.29) is 17.3 Å². The number of piperazine rings is 1. The molecule has 1 atom stereocenters. The Labute approximate surface area is 232 Å². The minimum absolute atomic E-state index is 0.0890. The normalized spacial score (nSPS) is 18.8. The molecule has 0 spiro atoms. The number of nitrogens with zero attached hydrogens (tertiary/aromatic N) is 5. The third kappa shape index (κ3) is 5.21. The number of fused-ring (bicyclic) bond motifs is 2. The third-order valence-corrected chi connectivity index (χ3v) is 8.22. The number of anilines is 1. The molecule has 6 rings (SSSR count). The number of aromatic hydroxyl groups is 1. The summed E-state index contributed by atoms with van der Waals surface area (Å²) in [5.74, 6) is 0.926. The van der Waals surface area contributed by atoms with E-state index in [0.29, 0.717) is 40.9 Å². The minimum Gasteiger partial charge on any atom is -0.508 e. The van der Waals surface area contributed by atoms with Crippen LogP contribution in [0.2, 0.25) is 0 Å². The highest BCUT2D eigenvalue weighted by Gasteiger charge is 2.26. The molecule has 3 heterocycles. The van der Waals surface area contributed by atoms with Gasteiger partial charge in [-0.1, -0.05) is 30.3 Å². The summed E-state index contributed by atoms with van der Waals surface area (Å²) in [6, 6.07) is 15.1. The van der Waals surface area contributed by atoms with Crippen LogP contribution in [-0.4, -0.2) is 89.7 Å². The molecule has 0 bridgehead atoms. The van der Waals surface area contributed by atoms with E-state index in [2.05, 4.69) is 26.7 Å². The van der Waals surface area contributed by atoms with E-state index < -0.39 is 5.82 Å². The van der Waals surface area contributed by atoms with Crippen molar-refractivity contribution in [2.24, 2.45) is 0 Å². The molecule has 0 radical (unpaired) electrons. The van der Waals surface area contributed by atoms with Crippen molar-refractivity contribution in [3.05, 3.63) is 54.3 Å². The molecule has 204 valence electrons. The summed E-state index contributed by atoms with van der Waals surface area (Å²) in [6.45, 7) is 5.58. The Bertz CT molecular complexity index is 1490. The standard InChI is InChI=1S/C30H33ClFN5O2/c1-35-11-4-6-21(35)19-39-30-33-28-25(29(34-30)37-15-13-36(12-10-31)14-16-37)9-8-24(27(28)32)26-18-22(38)17-20-5-2-3-7-23(20)26/h2-3,5,7-9,17-18,21,38H,4,6,10-16,19H2,1H3. The maximum atomic E-state index is 16.4. The molecule has 0 aliphatic carbocycles. The largest absolute Gasteiger partial charge is 0.508 e. The predicted molar refractivity (Wildman–Crippen MR) is 155 cm³/mol. The van der Waals surface area contributed by atoms with Gasteiger partial charge in [0.1, 0.15) is 23.7 Å². The minimum atomic E-state index is -0.449. The van der Waals surface area contributed by atoms with Gasteiger partial charge in [0.25, 0.3) is 0 Å². The molecule has 1 unspecified atom stereocenters. The van der Waals surface area contributed by atoms with Crippen molar-refractivity contribution in [3.63, 3.8) is 0 Å². The molecule has 2 fully saturated rings. The number of halogens is 2. The molecule has 4 aromatic rings. The zero-order valence-corrected chi connectivity index (χ0v) is 22.9. The predicted octanol–water partition coefficient (Wildman–Crippen LogP) is 5.13. The summed E-state index contributed by atoms with van der Waals surface area (Å²) in [6.07, 6.45) is 2.19. The molecular weight excluding hydrogens is 517 g/mol. The number of phenols is 1. The van der Waals surface area contributed by atoms with E-state index in [1.807, 2.05) is 30.3 Å². The molecule has 39 heavy (non-hydrogen) atoms. The zero-order valence-electron chi connectivity index (χ0n) is 22.1. The van der Waals surface area contributed by atoms with Crippen LogP contribution in [0.25, 0.3) is 32.8 Å². The van der Waals surface area contributed by atoms with Crippen molar-refractivity contribution in [3.8, 4) is 22.9 Å². The lowest BCUT2D eigenvalue weighted by Gasteiger charge is -2.35. The Morgan fingerprint density at radius 3 is 2.59 bits per heavy atom. The molecule has 0 saturated carbocycles. The lowest BCUT2D eigenvalue weighted by Crippen LogP contribution is -2.47. The SMILES string of the molecule is CN1CCCC1COc1nc(N2CCN(CCCl)CC2)c2ccc(-c3cc(O)cc4ccccc34)c(F)c2n1. The summed E-state index contributed by atoms with van der Waals surface area (Å²) >= 11 is 5.96. The first-order valence-corrected chi connectivity index (χ1v) is 14.1. The lowest BCUT2D eigenvalue weighted by atomic mass is 9.96. The molecule has 2 aliphatic heterocycles. The van der Waals surface area contributed by atoms with Gasteiger partial charge in [-0.15, -0.1) is 11.6 Å². The topological polar surface area (TPSA) is 65.0 Å². The van der Waals surface area contributed by atoms with Crippen LogP contribution in [0.1, 0.15) is 12.8 Å². The van der Waals surface area contributed by atoms with Gasteiger partial charge in [-0.3, -0.25) is 4.90 Å². The summed E-state index contributed by atoms with van der Waals surface area (Å²) in [4.78, 5) is 16.2. The molecule has 2 aliphatic rings. The van der Waals surface area contributed by atoms with Crippen molar-refractivity contribution >= 4 is 39.1 Å². The first-order chi connectivity index (χ1) is 19.0. The van der Waals surface area contributed by atoms with Crippen molar-refractivity contribution in [1.29, 1.82) is 0 Å². The van der Waals surface area contributed by atoms with Crippen molar-refractivity contribution < 1.29 is 14.2 Å². The third-order valence-electron chi connectivity index (χ3n) is 8.05. The fourth-order valence-electron chi connectivity index (χ4n) is 5.82. The lowest BCUT2D eigenvalue weighted by molar-refractivity contribution is 0.188. The van der Waals surface area contributed by atoms with Gasteiger partial charge in [0, 0.05) is 55.6 Å². The number of ether oxygens (including phenoxy) is 1. The second-order valence-corrected chi connectivity index (χ2v) is 10.9. The highest BCUT2D eigenvalue weighted by molar-refractivity contribution is 6.18. The number of aromatic nitrogens is 2. The van der Waals surface area contributed by atoms with Gasteiger partial charge in [0.15, 0.2) is 5.82 Å². The van der Waals surface area contributed by atoms with Gasteiger partial charge in [-0.2, -0.15) is 9.97 Å². The average molecular weight is 550 g/mol. The molecule has 3 aromatic carbocycles. The summed E-state index contributed by atoms with van der Waals surface area (Å²) in [7, 11) is 2.10. The van der Waals surface area contributed by atoms with Crippen LogP contribution in [0.5, 0.6) is 11.8 Å². The van der Waals surface area contributed by atoms with E-state index in [1.54, 1.807) is 18.2 Å². The maximum absolute atomic E-state index is 16.4. The molecule has 0 amide bonds. The van der Waals surface area contributed by atoms with Crippen LogP contribution in [0.4, 0.5) is 10.2 Å². The summed E-state index contributed by atoms with van der Waals surface area (Å²) in [5.41, 5.74) is 1.23. The number of alkyl halides is 1. The van der Waals surface area contributed by atoms with E-state index in [1.165, 1.54) is 0 Å². The quantitative estimate of drug-likeness (QED) is 0.321. The van der Waals surface area contributed by atoms with Gasteiger partial charge in [-0.25, -0.2) is 4.39 Å². The molecule has 7 nitrogen and oxygen atoms in total. The van der Waals surface area contributed by atoms with E-state index in [9.17, 15) is 5.11 Å². The number of hydrogen-bond acceptors (Lipinski definition) is 7. The van der Waals surface area contributed by atoms with Crippen molar-refractivity contribution in [2.75, 3.05) is 63.7 Å². The van der Waals surface area contributed by atoms with Crippen LogP contribution >= 0.6 is 11.6 Å². The van der Waals surface area contributed by atoms with Crippen molar-refractivity contribution in [2.45, 2.75) is 18.9 Å². The van der Waals surface area contributed by atoms with Gasteiger partial charge in [-0.05, 0) is 61.0 Å². The highest BCUT2D eigenvalue weighted by atomic mass is 35.5. The molecule has 1 N–H and O–H groups in total. The number of rotatable bonds is 7. The number of phenolic OH excluding ortho intramolecular Hbond substituents is 1. The van der Waals surface area contributed by atoms with Crippen molar-refractivity contribution in [1.82, 2.24) is 19.8 Å². The van der Waals surface area contributed by atoms with Crippen LogP contribution in [-0.2, 0) is 0 Å². The maximum Gasteiger partial charge on any atom is 0.319 e. The highest BCUT2D eigenvalue weighted by Crippen LogP contribution is 2.38. The van der Waals surface area contributed by atoms with Gasteiger partial charge in [0.05, 0.1) is 0 Å². The van der Waals surface area contributed by atoms with Crippen LogP contribution in [0.3, 0.4) is 0 Å². The summed E-state index contributed by atoms with van der Waals surface area (Å²) in [5, 5.41) is 12.8. The first-order valence-electron chi connectivity index (χ1n) is 13.6. The molecule has 1 aromatic heterocycles. The van der Waals surface area contributed by atoms with E-state index in [0.717, 1.165) is 62.9 Å². The first kappa shape index (κ1) is 26.0. The second kappa shape index (κ2) is 11.1. The Kier molecular flexibility index (Phi) is 7.42. The zero-order chi connectivity index (χ0) is 26.9. The number of hydrogen-bond donors (Lipinski definition) is 1. The Morgan fingerprint density at radius 2 is 1.82 bits per heavy atom. The van der Waals surface area contributed by atoms with E-state index >= 15 is 4.39 Å². The average Bonchev–Trinajstić information content (AvgIpc) is 3.36. The fourth-order valence-corrected chi connectivity index (χ4v) is 6.06. The Morgan fingerprint density at radius 1 is 1.00 bits per heavy atom. The van der Waals surface area contributed by atoms with E-state index in [4.69, 9.17) is 21.3 Å². The summed E-state index contributed by atoms with van der Waals surface area (Å²) < 4.78 is 22.6. The molecular formula is C30H33ClFN5O2. The number of likely N-dealkylation sites (N-methyl/N-ethyl adjacent to an activating group) is 1. The fraction of sp³-hybridized carbons (Fsp3) is 0.400. The Hall–Kier alpha value is -3.20. The Balaban J connectivity index is 1.43. The van der Waals surface area contributed by atoms with Gasteiger partial charge < -0.3 is 19.6 Å². The molecule has 9 heteroatoms. The van der Waals surface area contributed by atoms with Crippen LogP contribution < -0.4 is 9.64 Å². The van der Waals surface area contributed by atoms with Gasteiger partial charge in [0.2, 0.25) is 0 Å². The molecule has 2 saturated heterocycles. The van der Waals surface area contributed by atoms with Gasteiger partial charge >= 0.3 is 6.01 Å². The smallest absolute Gasteiger partial charge is 0.319 e. The number of likely N-dealkylation sites (tertiary alicyclic amines) is 1.